The number of carboxylic acid groups (broad SMARTS) is 1. The molecule has 0 aliphatic carbocycles. The number of sulfonamides is 1. The molecule has 118 valence electrons. The van der Waals surface area contributed by atoms with E-state index >= 15 is 0 Å². The topological polar surface area (TPSA) is 96.4 Å². The molecule has 2 N–H and O–H groups in total. The molecule has 2 aromatic rings. The second-order valence-electron chi connectivity index (χ2n) is 4.76. The second-order valence-corrected chi connectivity index (χ2v) is 7.63. The maximum Gasteiger partial charge on any atom is 0.335 e. The second kappa shape index (κ2) is 6.99. The van der Waals surface area contributed by atoms with Gasteiger partial charge in [0.05, 0.1) is 22.0 Å². The predicted octanol–water partition coefficient (Wildman–Crippen LogP) is 1.81. The van der Waals surface area contributed by atoms with Crippen LogP contribution in [0.2, 0.25) is 0 Å². The molecule has 0 atom stereocenters. The van der Waals surface area contributed by atoms with Crippen LogP contribution in [0.4, 0.5) is 0 Å². The number of rotatable bonds is 7. The maximum absolute atomic E-state index is 12.0. The van der Waals surface area contributed by atoms with E-state index in [9.17, 15) is 13.2 Å². The quantitative estimate of drug-likeness (QED) is 0.801. The van der Waals surface area contributed by atoms with Crippen molar-refractivity contribution in [1.82, 2.24) is 9.71 Å². The third-order valence-corrected chi connectivity index (χ3v) is 5.11. The van der Waals surface area contributed by atoms with Gasteiger partial charge in [0, 0.05) is 18.3 Å². The predicted molar refractivity (Wildman–Crippen MR) is 84.6 cm³/mol. The van der Waals surface area contributed by atoms with E-state index in [0.29, 0.717) is 18.5 Å². The molecule has 0 saturated heterocycles. The van der Waals surface area contributed by atoms with Crippen LogP contribution in [0.3, 0.4) is 0 Å². The van der Waals surface area contributed by atoms with Crippen molar-refractivity contribution in [2.45, 2.75) is 19.1 Å². The number of nitrogens with one attached hydrogen (secondary N) is 1. The molecule has 0 fully saturated rings. The Hall–Kier alpha value is -1.77. The van der Waals surface area contributed by atoms with E-state index in [-0.39, 0.29) is 11.3 Å². The van der Waals surface area contributed by atoms with Crippen LogP contribution in [-0.2, 0) is 22.2 Å². The van der Waals surface area contributed by atoms with Crippen molar-refractivity contribution in [3.8, 4) is 0 Å². The van der Waals surface area contributed by atoms with E-state index in [1.807, 2.05) is 12.3 Å². The van der Waals surface area contributed by atoms with Gasteiger partial charge < -0.3 is 5.11 Å². The summed E-state index contributed by atoms with van der Waals surface area (Å²) in [5, 5.41) is 11.7. The Morgan fingerprint density at radius 1 is 1.32 bits per heavy atom. The van der Waals surface area contributed by atoms with Crippen LogP contribution in [0.15, 0.2) is 29.6 Å². The first-order chi connectivity index (χ1) is 10.4. The average molecular weight is 340 g/mol. The Kier molecular flexibility index (Phi) is 5.28. The fourth-order valence-electron chi connectivity index (χ4n) is 1.87. The van der Waals surface area contributed by atoms with E-state index in [0.717, 1.165) is 10.7 Å². The molecule has 0 spiro atoms. The Labute approximate surface area is 132 Å². The van der Waals surface area contributed by atoms with E-state index in [2.05, 4.69) is 9.71 Å². The number of hydrogen-bond donors (Lipinski definition) is 2. The Morgan fingerprint density at radius 2 is 2.00 bits per heavy atom. The minimum absolute atomic E-state index is 0.132. The number of aromatic nitrogens is 1. The van der Waals surface area contributed by atoms with Crippen molar-refractivity contribution in [3.05, 3.63) is 51.5 Å². The van der Waals surface area contributed by atoms with Crippen molar-refractivity contribution in [2.24, 2.45) is 0 Å². The molecule has 1 aromatic carbocycles. The lowest BCUT2D eigenvalue weighted by Gasteiger charge is -2.06. The first kappa shape index (κ1) is 16.6. The van der Waals surface area contributed by atoms with E-state index in [4.69, 9.17) is 5.11 Å². The lowest BCUT2D eigenvalue weighted by Crippen LogP contribution is -2.27. The van der Waals surface area contributed by atoms with E-state index in [1.165, 1.54) is 35.6 Å². The fraction of sp³-hybridized carbons (Fsp3) is 0.286. The van der Waals surface area contributed by atoms with Crippen LogP contribution in [0.1, 0.15) is 26.6 Å². The van der Waals surface area contributed by atoms with Crippen LogP contribution in [-0.4, -0.2) is 31.0 Å². The summed E-state index contributed by atoms with van der Waals surface area (Å²) in [5.41, 5.74) is 1.55. The standard InChI is InChI=1S/C14H16N2O4S2/c1-10-16-13(8-21-10)6-7-15-22(19,20)9-11-2-4-12(5-3-11)14(17)18/h2-5,8,15H,6-7,9H2,1H3,(H,17,18). The highest BCUT2D eigenvalue weighted by Gasteiger charge is 2.12. The molecule has 0 saturated carbocycles. The summed E-state index contributed by atoms with van der Waals surface area (Å²) in [5.74, 6) is -1.21. The van der Waals surface area contributed by atoms with Gasteiger partial charge in [-0.15, -0.1) is 11.3 Å². The SMILES string of the molecule is Cc1nc(CCNS(=O)(=O)Cc2ccc(C(=O)O)cc2)cs1. The molecule has 0 radical (unpaired) electrons. The Morgan fingerprint density at radius 3 is 2.55 bits per heavy atom. The first-order valence-electron chi connectivity index (χ1n) is 6.56. The molecule has 1 aromatic heterocycles. The van der Waals surface area contributed by atoms with Crippen molar-refractivity contribution >= 4 is 27.3 Å². The van der Waals surface area contributed by atoms with Gasteiger partial charge in [-0.05, 0) is 24.6 Å². The molecule has 0 unspecified atom stereocenters. The van der Waals surface area contributed by atoms with Gasteiger partial charge in [0.15, 0.2) is 0 Å². The Balaban J connectivity index is 1.88. The lowest BCUT2D eigenvalue weighted by molar-refractivity contribution is 0.0697. The largest absolute Gasteiger partial charge is 0.478 e. The van der Waals surface area contributed by atoms with Gasteiger partial charge >= 0.3 is 5.97 Å². The van der Waals surface area contributed by atoms with Crippen molar-refractivity contribution in [2.75, 3.05) is 6.54 Å². The summed E-state index contributed by atoms with van der Waals surface area (Å²) >= 11 is 1.53. The summed E-state index contributed by atoms with van der Waals surface area (Å²) in [4.78, 5) is 15.0. The number of thiazole rings is 1. The van der Waals surface area contributed by atoms with Crippen molar-refractivity contribution in [1.29, 1.82) is 0 Å². The summed E-state index contributed by atoms with van der Waals surface area (Å²) in [6.07, 6.45) is 0.543. The summed E-state index contributed by atoms with van der Waals surface area (Å²) < 4.78 is 26.5. The molecular weight excluding hydrogens is 324 g/mol. The van der Waals surface area contributed by atoms with Gasteiger partial charge in [-0.25, -0.2) is 22.9 Å². The van der Waals surface area contributed by atoms with Gasteiger partial charge in [-0.3, -0.25) is 0 Å². The zero-order valence-electron chi connectivity index (χ0n) is 11.9. The number of aromatic carboxylic acids is 1. The van der Waals surface area contributed by atoms with E-state index < -0.39 is 16.0 Å². The van der Waals surface area contributed by atoms with Crippen LogP contribution >= 0.6 is 11.3 Å². The number of aryl methyl sites for hydroxylation is 1. The lowest BCUT2D eigenvalue weighted by atomic mass is 10.1. The van der Waals surface area contributed by atoms with Crippen LogP contribution in [0.25, 0.3) is 0 Å². The molecule has 6 nitrogen and oxygen atoms in total. The molecule has 2 rings (SSSR count). The van der Waals surface area contributed by atoms with E-state index in [1.54, 1.807) is 0 Å². The number of carboxylic acids is 1. The summed E-state index contributed by atoms with van der Waals surface area (Å²) in [6.45, 7) is 2.19. The van der Waals surface area contributed by atoms with Gasteiger partial charge in [0.25, 0.3) is 0 Å². The summed E-state index contributed by atoms with van der Waals surface area (Å²) in [7, 11) is -3.45. The number of nitrogens with zero attached hydrogens (tertiary/aromatic N) is 1. The third kappa shape index (κ3) is 4.90. The maximum atomic E-state index is 12.0. The van der Waals surface area contributed by atoms with Crippen LogP contribution in [0.5, 0.6) is 0 Å². The van der Waals surface area contributed by atoms with Crippen LogP contribution in [0, 0.1) is 6.92 Å². The van der Waals surface area contributed by atoms with Gasteiger partial charge in [0.1, 0.15) is 0 Å². The van der Waals surface area contributed by atoms with Gasteiger partial charge in [-0.1, -0.05) is 12.1 Å². The smallest absolute Gasteiger partial charge is 0.335 e. The van der Waals surface area contributed by atoms with Crippen LogP contribution < -0.4 is 4.72 Å². The highest BCUT2D eigenvalue weighted by Crippen LogP contribution is 2.09. The minimum Gasteiger partial charge on any atom is -0.478 e. The third-order valence-electron chi connectivity index (χ3n) is 2.93. The average Bonchev–Trinajstić information content (AvgIpc) is 2.84. The minimum atomic E-state index is -3.45. The molecule has 0 aliphatic rings. The number of hydrogen-bond acceptors (Lipinski definition) is 5. The first-order valence-corrected chi connectivity index (χ1v) is 9.09. The highest BCUT2D eigenvalue weighted by molar-refractivity contribution is 7.88. The number of carbonyl (C=O) groups is 1. The zero-order chi connectivity index (χ0) is 16.2. The molecule has 0 amide bonds. The molecule has 22 heavy (non-hydrogen) atoms. The fourth-order valence-corrected chi connectivity index (χ4v) is 3.67. The normalized spacial score (nSPS) is 11.5. The molecule has 8 heteroatoms. The molecular formula is C14H16N2O4S2. The van der Waals surface area contributed by atoms with Crippen molar-refractivity contribution in [3.63, 3.8) is 0 Å². The summed E-state index contributed by atoms with van der Waals surface area (Å²) in [6, 6.07) is 5.80. The Bertz CT molecular complexity index is 751. The highest BCUT2D eigenvalue weighted by atomic mass is 32.2. The molecule has 1 heterocycles. The monoisotopic (exact) mass is 340 g/mol. The van der Waals surface area contributed by atoms with Crippen molar-refractivity contribution < 1.29 is 18.3 Å². The molecule has 0 aliphatic heterocycles. The van der Waals surface area contributed by atoms with Gasteiger partial charge in [-0.2, -0.15) is 0 Å². The molecule has 0 bridgehead atoms. The number of benzene rings is 1. The zero-order valence-corrected chi connectivity index (χ0v) is 13.6. The van der Waals surface area contributed by atoms with Gasteiger partial charge in [0.2, 0.25) is 10.0 Å².